The minimum Gasteiger partial charge on any atom is -0.345 e. The molecule has 0 aromatic carbocycles. The van der Waals surface area contributed by atoms with Gasteiger partial charge in [-0.3, -0.25) is 4.40 Å². The predicted octanol–water partition coefficient (Wildman–Crippen LogP) is 2.21. The zero-order chi connectivity index (χ0) is 18.8. The first-order valence-electron chi connectivity index (χ1n) is 9.66. The van der Waals surface area contributed by atoms with E-state index in [0.29, 0.717) is 11.8 Å². The second kappa shape index (κ2) is 6.00. The second-order valence-corrected chi connectivity index (χ2v) is 10.0. The molecule has 2 aliphatic carbocycles. The molecule has 0 aliphatic heterocycles. The Hall–Kier alpha value is -2.00. The summed E-state index contributed by atoms with van der Waals surface area (Å²) in [5.74, 6) is 1.71. The van der Waals surface area contributed by atoms with Gasteiger partial charge in [-0.2, -0.15) is 0 Å². The monoisotopic (exact) mass is 388 g/mol. The van der Waals surface area contributed by atoms with E-state index in [0.717, 1.165) is 48.3 Å². The van der Waals surface area contributed by atoms with Crippen molar-refractivity contribution in [1.29, 1.82) is 0 Å². The molecule has 2 fully saturated rings. The maximum atomic E-state index is 12.6. The van der Waals surface area contributed by atoms with Gasteiger partial charge in [0.15, 0.2) is 11.3 Å². The van der Waals surface area contributed by atoms with Crippen LogP contribution in [0.4, 0.5) is 0 Å². The number of hydrogen-bond acceptors (Lipinski definition) is 5. The van der Waals surface area contributed by atoms with Gasteiger partial charge in [0.1, 0.15) is 5.82 Å². The van der Waals surface area contributed by atoms with E-state index in [-0.39, 0.29) is 17.2 Å². The van der Waals surface area contributed by atoms with Crippen molar-refractivity contribution >= 4 is 26.8 Å². The van der Waals surface area contributed by atoms with Gasteiger partial charge in [0.2, 0.25) is 10.0 Å². The van der Waals surface area contributed by atoms with E-state index in [1.165, 1.54) is 0 Å². The van der Waals surface area contributed by atoms with Crippen LogP contribution in [0.5, 0.6) is 0 Å². The van der Waals surface area contributed by atoms with Crippen molar-refractivity contribution < 1.29 is 8.42 Å². The molecule has 3 aromatic heterocycles. The Morgan fingerprint density at radius 3 is 2.93 bits per heavy atom. The van der Waals surface area contributed by atoms with Crippen molar-refractivity contribution in [1.82, 2.24) is 29.3 Å². The lowest BCUT2D eigenvalue weighted by atomic mass is 9.97. The van der Waals surface area contributed by atoms with Gasteiger partial charge in [-0.15, -0.1) is 10.2 Å². The summed E-state index contributed by atoms with van der Waals surface area (Å²) in [7, 11) is -3.22. The minimum absolute atomic E-state index is 0.0380. The van der Waals surface area contributed by atoms with Crippen LogP contribution < -0.4 is 4.72 Å². The molecule has 9 heteroatoms. The number of sulfonamides is 1. The Balaban J connectivity index is 1.42. The lowest BCUT2D eigenvalue weighted by Gasteiger charge is -2.14. The zero-order valence-corrected chi connectivity index (χ0v) is 16.3. The maximum absolute atomic E-state index is 12.6. The molecule has 2 unspecified atom stereocenters. The van der Waals surface area contributed by atoms with E-state index in [1.54, 1.807) is 6.20 Å². The number of rotatable bonds is 5. The Morgan fingerprint density at radius 2 is 2.15 bits per heavy atom. The smallest absolute Gasteiger partial charge is 0.215 e. The first-order chi connectivity index (χ1) is 13.0. The number of nitrogens with zero attached hydrogens (tertiary/aromatic N) is 4. The summed E-state index contributed by atoms with van der Waals surface area (Å²) in [6.07, 6.45) is 6.87. The summed E-state index contributed by atoms with van der Waals surface area (Å²) in [6.45, 7) is 4.22. The summed E-state index contributed by atoms with van der Waals surface area (Å²) in [5, 5.41) is 8.53. The van der Waals surface area contributed by atoms with Gasteiger partial charge in [-0.25, -0.2) is 18.1 Å². The van der Waals surface area contributed by atoms with Gasteiger partial charge in [-0.1, -0.05) is 20.3 Å². The van der Waals surface area contributed by atoms with Crippen molar-refractivity contribution in [2.45, 2.75) is 56.7 Å². The van der Waals surface area contributed by atoms with E-state index < -0.39 is 10.0 Å². The molecule has 2 N–H and O–H groups in total. The molecule has 3 heterocycles. The fourth-order valence-corrected chi connectivity index (χ4v) is 6.72. The van der Waals surface area contributed by atoms with E-state index in [9.17, 15) is 8.42 Å². The highest BCUT2D eigenvalue weighted by Crippen LogP contribution is 2.42. The number of aromatic nitrogens is 5. The number of hydrogen-bond donors (Lipinski definition) is 2. The van der Waals surface area contributed by atoms with Crippen LogP contribution in [-0.4, -0.2) is 44.3 Å². The van der Waals surface area contributed by atoms with Crippen molar-refractivity contribution in [2.75, 3.05) is 0 Å². The van der Waals surface area contributed by atoms with E-state index in [1.807, 2.05) is 16.7 Å². The minimum atomic E-state index is -3.22. The molecule has 2 aliphatic rings. The molecule has 0 spiro atoms. The lowest BCUT2D eigenvalue weighted by molar-refractivity contribution is 0.505. The average Bonchev–Trinajstić information content (AvgIpc) is 2.93. The van der Waals surface area contributed by atoms with Crippen LogP contribution in [0.15, 0.2) is 18.5 Å². The Labute approximate surface area is 157 Å². The number of nitrogens with one attached hydrogen (secondary N) is 2. The van der Waals surface area contributed by atoms with Crippen LogP contribution in [0.2, 0.25) is 0 Å². The van der Waals surface area contributed by atoms with Crippen LogP contribution in [0, 0.1) is 11.8 Å². The van der Waals surface area contributed by atoms with E-state index >= 15 is 0 Å². The third kappa shape index (κ3) is 2.75. The maximum Gasteiger partial charge on any atom is 0.215 e. The molecule has 8 nitrogen and oxygen atoms in total. The van der Waals surface area contributed by atoms with Crippen molar-refractivity contribution in [3.05, 3.63) is 24.3 Å². The SMILES string of the molecule is CCC1CC1S(=O)(=O)N[C@H]1C[C@@H](C)[C@@H](c2nnc3cnc4[nH]ccc4n23)C1. The van der Waals surface area contributed by atoms with Gasteiger partial charge in [0.25, 0.3) is 0 Å². The van der Waals surface area contributed by atoms with Gasteiger partial charge >= 0.3 is 0 Å². The normalized spacial score (nSPS) is 31.1. The molecule has 2 saturated carbocycles. The highest BCUT2D eigenvalue weighted by Gasteiger charge is 2.47. The fraction of sp³-hybridized carbons (Fsp3) is 0.611. The Morgan fingerprint density at radius 1 is 1.30 bits per heavy atom. The highest BCUT2D eigenvalue weighted by atomic mass is 32.2. The van der Waals surface area contributed by atoms with Crippen molar-refractivity contribution in [2.24, 2.45) is 11.8 Å². The molecular weight excluding hydrogens is 364 g/mol. The molecule has 0 amide bonds. The number of aromatic amines is 1. The van der Waals surface area contributed by atoms with Crippen LogP contribution in [0.1, 0.15) is 51.3 Å². The molecule has 5 rings (SSSR count). The van der Waals surface area contributed by atoms with E-state index in [4.69, 9.17) is 0 Å². The van der Waals surface area contributed by atoms with Crippen LogP contribution in [-0.2, 0) is 10.0 Å². The average molecular weight is 388 g/mol. The molecule has 27 heavy (non-hydrogen) atoms. The second-order valence-electron chi connectivity index (χ2n) is 8.08. The summed E-state index contributed by atoms with van der Waals surface area (Å²) in [4.78, 5) is 7.48. The van der Waals surface area contributed by atoms with Gasteiger partial charge < -0.3 is 4.98 Å². The van der Waals surface area contributed by atoms with E-state index in [2.05, 4.69) is 38.7 Å². The van der Waals surface area contributed by atoms with Gasteiger partial charge in [0.05, 0.1) is 17.0 Å². The number of H-pyrrole nitrogens is 1. The van der Waals surface area contributed by atoms with Crippen molar-refractivity contribution in [3.8, 4) is 0 Å². The lowest BCUT2D eigenvalue weighted by Crippen LogP contribution is -2.36. The first kappa shape index (κ1) is 17.1. The molecule has 0 bridgehead atoms. The Kier molecular flexibility index (Phi) is 3.80. The van der Waals surface area contributed by atoms with Gasteiger partial charge in [-0.05, 0) is 37.2 Å². The standard InChI is InChI=1S/C18H24N6O2S/c1-3-11-7-15(11)27(25,26)23-12-6-10(2)13(8-12)18-22-21-16-9-20-17-14(24(16)18)4-5-19-17/h4-5,9-13,15,19,23H,3,6-8H2,1-2H3/t10-,11?,12+,13+,15?/m1/s1. The zero-order valence-electron chi connectivity index (χ0n) is 15.5. The third-order valence-corrected chi connectivity index (χ3v) is 8.33. The molecule has 0 radical (unpaired) electrons. The van der Waals surface area contributed by atoms with Crippen LogP contribution >= 0.6 is 0 Å². The molecule has 144 valence electrons. The van der Waals surface area contributed by atoms with Gasteiger partial charge in [0, 0.05) is 18.2 Å². The fourth-order valence-electron chi connectivity index (χ4n) is 4.69. The summed E-state index contributed by atoms with van der Waals surface area (Å²) in [6, 6.07) is 1.93. The largest absolute Gasteiger partial charge is 0.345 e. The predicted molar refractivity (Wildman–Crippen MR) is 102 cm³/mol. The highest BCUT2D eigenvalue weighted by molar-refractivity contribution is 7.90. The quantitative estimate of drug-likeness (QED) is 0.697. The summed E-state index contributed by atoms with van der Waals surface area (Å²) >= 11 is 0. The van der Waals surface area contributed by atoms with Crippen LogP contribution in [0.3, 0.4) is 0 Å². The van der Waals surface area contributed by atoms with Crippen LogP contribution in [0.25, 0.3) is 16.8 Å². The van der Waals surface area contributed by atoms with Crippen molar-refractivity contribution in [3.63, 3.8) is 0 Å². The number of fused-ring (bicyclic) bond motifs is 3. The molecule has 3 aromatic rings. The molecule has 5 atom stereocenters. The summed E-state index contributed by atoms with van der Waals surface area (Å²) in [5.41, 5.74) is 2.47. The first-order valence-corrected chi connectivity index (χ1v) is 11.2. The molecule has 0 saturated heterocycles. The third-order valence-electron chi connectivity index (χ3n) is 6.29. The Bertz CT molecular complexity index is 1100. The summed E-state index contributed by atoms with van der Waals surface area (Å²) < 4.78 is 30.3. The molecular formula is C18H24N6O2S. The topological polar surface area (TPSA) is 105 Å².